The topological polar surface area (TPSA) is 73.2 Å². The Hall–Kier alpha value is -3.48. The molecule has 0 aliphatic carbocycles. The molecule has 0 spiro atoms. The van der Waals surface area contributed by atoms with Gasteiger partial charge in [0.15, 0.2) is 6.10 Å². The van der Waals surface area contributed by atoms with E-state index in [9.17, 15) is 14.0 Å². The van der Waals surface area contributed by atoms with Crippen molar-refractivity contribution in [2.45, 2.75) is 20.0 Å². The number of likely N-dealkylation sites (N-methyl/N-ethyl adjacent to an activating group) is 1. The van der Waals surface area contributed by atoms with E-state index in [1.165, 1.54) is 31.2 Å². The molecule has 2 aromatic carbocycles. The minimum atomic E-state index is -0.950. The van der Waals surface area contributed by atoms with Crippen LogP contribution in [0.5, 0.6) is 0 Å². The largest absolute Gasteiger partial charge is 0.449 e. The van der Waals surface area contributed by atoms with Gasteiger partial charge >= 0.3 is 5.97 Å². The van der Waals surface area contributed by atoms with E-state index < -0.39 is 12.1 Å². The number of hydrogen-bond donors (Lipinski definition) is 1. The second-order valence-corrected chi connectivity index (χ2v) is 6.12. The van der Waals surface area contributed by atoms with Crippen molar-refractivity contribution in [3.8, 4) is 16.9 Å². The van der Waals surface area contributed by atoms with Crippen molar-refractivity contribution in [1.29, 1.82) is 0 Å². The van der Waals surface area contributed by atoms with E-state index in [2.05, 4.69) is 10.4 Å². The first kappa shape index (κ1) is 19.3. The van der Waals surface area contributed by atoms with Crippen LogP contribution in [-0.4, -0.2) is 34.3 Å². The van der Waals surface area contributed by atoms with E-state index >= 15 is 0 Å². The molecule has 144 valence electrons. The third-order valence-corrected chi connectivity index (χ3v) is 4.08. The van der Waals surface area contributed by atoms with Gasteiger partial charge in [-0.15, -0.1) is 0 Å². The van der Waals surface area contributed by atoms with Crippen LogP contribution in [0.1, 0.15) is 24.2 Å². The number of ether oxygens (including phenoxy) is 1. The third-order valence-electron chi connectivity index (χ3n) is 4.08. The van der Waals surface area contributed by atoms with Crippen LogP contribution in [0.3, 0.4) is 0 Å². The predicted molar refractivity (Wildman–Crippen MR) is 103 cm³/mol. The summed E-state index contributed by atoms with van der Waals surface area (Å²) in [7, 11) is 0. The van der Waals surface area contributed by atoms with Gasteiger partial charge in [0.25, 0.3) is 5.91 Å². The number of nitrogens with zero attached hydrogens (tertiary/aromatic N) is 2. The lowest BCUT2D eigenvalue weighted by Gasteiger charge is -2.12. The van der Waals surface area contributed by atoms with Crippen LogP contribution in [-0.2, 0) is 9.53 Å². The molecule has 3 rings (SSSR count). The molecule has 0 fully saturated rings. The Morgan fingerprint density at radius 3 is 2.46 bits per heavy atom. The first-order valence-corrected chi connectivity index (χ1v) is 8.89. The van der Waals surface area contributed by atoms with Gasteiger partial charge in [0.1, 0.15) is 17.1 Å². The van der Waals surface area contributed by atoms with Crippen LogP contribution in [0.2, 0.25) is 0 Å². The minimum absolute atomic E-state index is 0.187. The van der Waals surface area contributed by atoms with Gasteiger partial charge in [-0.05, 0) is 50.2 Å². The molecule has 7 heteroatoms. The number of aromatic nitrogens is 2. The van der Waals surface area contributed by atoms with Gasteiger partial charge in [0.05, 0.1) is 5.69 Å². The first-order valence-electron chi connectivity index (χ1n) is 8.89. The highest BCUT2D eigenvalue weighted by Gasteiger charge is 2.24. The number of amides is 1. The van der Waals surface area contributed by atoms with Crippen molar-refractivity contribution in [3.05, 3.63) is 72.2 Å². The van der Waals surface area contributed by atoms with Gasteiger partial charge in [-0.3, -0.25) is 4.79 Å². The van der Waals surface area contributed by atoms with Gasteiger partial charge in [-0.2, -0.15) is 5.10 Å². The van der Waals surface area contributed by atoms with E-state index in [4.69, 9.17) is 4.74 Å². The van der Waals surface area contributed by atoms with Gasteiger partial charge in [0.2, 0.25) is 0 Å². The molecule has 0 saturated heterocycles. The summed E-state index contributed by atoms with van der Waals surface area (Å²) in [5.74, 6) is -1.45. The van der Waals surface area contributed by atoms with Gasteiger partial charge in [-0.1, -0.05) is 18.2 Å². The lowest BCUT2D eigenvalue weighted by atomic mass is 10.1. The van der Waals surface area contributed by atoms with Crippen LogP contribution >= 0.6 is 0 Å². The van der Waals surface area contributed by atoms with E-state index in [0.29, 0.717) is 17.8 Å². The fraction of sp³-hybridized carbons (Fsp3) is 0.190. The summed E-state index contributed by atoms with van der Waals surface area (Å²) >= 11 is 0. The molecule has 0 aliphatic rings. The van der Waals surface area contributed by atoms with E-state index in [1.54, 1.807) is 17.8 Å². The molecule has 0 aliphatic heterocycles. The molecule has 28 heavy (non-hydrogen) atoms. The lowest BCUT2D eigenvalue weighted by Crippen LogP contribution is -2.35. The molecule has 0 saturated carbocycles. The molecular weight excluding hydrogens is 361 g/mol. The molecule has 6 nitrogen and oxygen atoms in total. The Balaban J connectivity index is 1.98. The standard InChI is InChI=1S/C21H20FN3O3/c1-3-23-20(26)14(2)28-21(27)18-13-25(17-7-5-4-6-8-17)24-19(18)15-9-11-16(22)12-10-15/h4-14H,3H2,1-2H3,(H,23,26)/t14-/m0/s1. The summed E-state index contributed by atoms with van der Waals surface area (Å²) in [5.41, 5.74) is 1.85. The summed E-state index contributed by atoms with van der Waals surface area (Å²) in [6.45, 7) is 3.72. The Morgan fingerprint density at radius 1 is 1.14 bits per heavy atom. The van der Waals surface area contributed by atoms with E-state index in [1.807, 2.05) is 30.3 Å². The Morgan fingerprint density at radius 2 is 1.82 bits per heavy atom. The second-order valence-electron chi connectivity index (χ2n) is 6.12. The quantitative estimate of drug-likeness (QED) is 0.665. The number of benzene rings is 2. The highest BCUT2D eigenvalue weighted by Crippen LogP contribution is 2.25. The third kappa shape index (κ3) is 4.25. The Labute approximate surface area is 161 Å². The monoisotopic (exact) mass is 381 g/mol. The molecule has 1 amide bonds. The average Bonchev–Trinajstić information content (AvgIpc) is 3.15. The number of nitrogens with one attached hydrogen (secondary N) is 1. The van der Waals surface area contributed by atoms with Crippen molar-refractivity contribution in [3.63, 3.8) is 0 Å². The number of carbonyl (C=O) groups excluding carboxylic acids is 2. The molecule has 1 atom stereocenters. The van der Waals surface area contributed by atoms with Crippen LogP contribution in [0, 0.1) is 5.82 Å². The number of esters is 1. The second kappa shape index (κ2) is 8.47. The van der Waals surface area contributed by atoms with Crippen molar-refractivity contribution >= 4 is 11.9 Å². The maximum absolute atomic E-state index is 13.3. The highest BCUT2D eigenvalue weighted by molar-refractivity contribution is 5.97. The number of halogens is 1. The summed E-state index contributed by atoms with van der Waals surface area (Å²) < 4.78 is 20.2. The first-order chi connectivity index (χ1) is 13.5. The van der Waals surface area contributed by atoms with E-state index in [-0.39, 0.29) is 17.3 Å². The smallest absolute Gasteiger partial charge is 0.342 e. The van der Waals surface area contributed by atoms with Crippen LogP contribution in [0.15, 0.2) is 60.8 Å². The van der Waals surface area contributed by atoms with Crippen molar-refractivity contribution in [2.75, 3.05) is 6.54 Å². The zero-order valence-corrected chi connectivity index (χ0v) is 15.6. The Bertz CT molecular complexity index is 968. The van der Waals surface area contributed by atoms with Crippen LogP contribution < -0.4 is 5.32 Å². The maximum atomic E-state index is 13.3. The molecule has 1 heterocycles. The highest BCUT2D eigenvalue weighted by atomic mass is 19.1. The summed E-state index contributed by atoms with van der Waals surface area (Å²) in [4.78, 5) is 24.6. The maximum Gasteiger partial charge on any atom is 0.342 e. The van der Waals surface area contributed by atoms with Crippen molar-refractivity contribution in [2.24, 2.45) is 0 Å². The lowest BCUT2D eigenvalue weighted by molar-refractivity contribution is -0.128. The zero-order chi connectivity index (χ0) is 20.1. The van der Waals surface area contributed by atoms with Crippen molar-refractivity contribution in [1.82, 2.24) is 15.1 Å². The SMILES string of the molecule is CCNC(=O)[C@H](C)OC(=O)c1cn(-c2ccccc2)nc1-c1ccc(F)cc1. The molecular formula is C21H20FN3O3. The van der Waals surface area contributed by atoms with Gasteiger partial charge in [0, 0.05) is 18.3 Å². The molecule has 0 unspecified atom stereocenters. The molecule has 1 aromatic heterocycles. The normalized spacial score (nSPS) is 11.7. The average molecular weight is 381 g/mol. The number of hydrogen-bond acceptors (Lipinski definition) is 4. The molecule has 0 bridgehead atoms. The number of carbonyl (C=O) groups is 2. The van der Waals surface area contributed by atoms with Crippen molar-refractivity contribution < 1.29 is 18.7 Å². The van der Waals surface area contributed by atoms with Gasteiger partial charge in [-0.25, -0.2) is 13.9 Å². The fourth-order valence-electron chi connectivity index (χ4n) is 2.65. The Kier molecular flexibility index (Phi) is 5.84. The zero-order valence-electron chi connectivity index (χ0n) is 15.6. The number of rotatable bonds is 6. The summed E-state index contributed by atoms with van der Waals surface area (Å²) in [6.07, 6.45) is 0.592. The minimum Gasteiger partial charge on any atom is -0.449 e. The molecule has 3 aromatic rings. The summed E-state index contributed by atoms with van der Waals surface area (Å²) in [5, 5.41) is 7.09. The predicted octanol–water partition coefficient (Wildman–Crippen LogP) is 3.36. The van der Waals surface area contributed by atoms with Gasteiger partial charge < -0.3 is 10.1 Å². The van der Waals surface area contributed by atoms with Crippen LogP contribution in [0.25, 0.3) is 16.9 Å². The van der Waals surface area contributed by atoms with Crippen LogP contribution in [0.4, 0.5) is 4.39 Å². The molecule has 1 N–H and O–H groups in total. The fourth-order valence-corrected chi connectivity index (χ4v) is 2.65. The van der Waals surface area contributed by atoms with E-state index in [0.717, 1.165) is 5.69 Å². The number of para-hydroxylation sites is 1. The molecule has 0 radical (unpaired) electrons. The summed E-state index contributed by atoms with van der Waals surface area (Å²) in [6, 6.07) is 14.9.